The van der Waals surface area contributed by atoms with Gasteiger partial charge in [0.1, 0.15) is 17.4 Å². The third-order valence-corrected chi connectivity index (χ3v) is 6.83. The van der Waals surface area contributed by atoms with Gasteiger partial charge in [0, 0.05) is 50.4 Å². The maximum Gasteiger partial charge on any atom is 0.260 e. The van der Waals surface area contributed by atoms with E-state index in [2.05, 4.69) is 28.9 Å². The minimum Gasteiger partial charge on any atom is -0.484 e. The number of carbonyl (C=O) groups excluding carboxylic acids is 1. The smallest absolute Gasteiger partial charge is 0.260 e. The number of pyridine rings is 1. The Morgan fingerprint density at radius 1 is 1.13 bits per heavy atom. The molecule has 0 saturated carbocycles. The van der Waals surface area contributed by atoms with Crippen LogP contribution in [0.2, 0.25) is 0 Å². The van der Waals surface area contributed by atoms with Crippen LogP contribution in [0.5, 0.6) is 5.75 Å². The van der Waals surface area contributed by atoms with Gasteiger partial charge in [0.2, 0.25) is 0 Å². The molecule has 0 N–H and O–H groups in total. The zero-order chi connectivity index (χ0) is 21.4. The number of hydrogen-bond acceptors (Lipinski definition) is 5. The number of piperazine rings is 1. The van der Waals surface area contributed by atoms with Crippen LogP contribution < -0.4 is 9.64 Å². The van der Waals surface area contributed by atoms with Crippen molar-refractivity contribution in [2.75, 3.05) is 37.7 Å². The van der Waals surface area contributed by atoms with Crippen molar-refractivity contribution in [2.24, 2.45) is 0 Å². The van der Waals surface area contributed by atoms with Crippen LogP contribution in [0.3, 0.4) is 0 Å². The number of fused-ring (bicyclic) bond motifs is 3. The van der Waals surface area contributed by atoms with E-state index in [0.29, 0.717) is 30.9 Å². The first-order chi connectivity index (χ1) is 15.1. The van der Waals surface area contributed by atoms with Crippen LogP contribution in [0.15, 0.2) is 36.4 Å². The van der Waals surface area contributed by atoms with Crippen molar-refractivity contribution in [1.82, 2.24) is 14.8 Å². The molecule has 7 heteroatoms. The molecule has 1 amide bonds. The minimum absolute atomic E-state index is 0.0441. The van der Waals surface area contributed by atoms with E-state index < -0.39 is 0 Å². The third kappa shape index (κ3) is 4.11. The van der Waals surface area contributed by atoms with E-state index in [-0.39, 0.29) is 18.3 Å². The average molecular weight is 425 g/mol. The number of anilines is 1. The fraction of sp³-hybridized carbons (Fsp3) is 0.500. The first kappa shape index (κ1) is 20.2. The van der Waals surface area contributed by atoms with Gasteiger partial charge in [0.15, 0.2) is 6.61 Å². The van der Waals surface area contributed by atoms with Gasteiger partial charge < -0.3 is 14.5 Å². The molecule has 0 radical (unpaired) electrons. The van der Waals surface area contributed by atoms with Crippen molar-refractivity contribution in [3.63, 3.8) is 0 Å². The summed E-state index contributed by atoms with van der Waals surface area (Å²) in [5.74, 6) is 1.21. The molecule has 31 heavy (non-hydrogen) atoms. The van der Waals surface area contributed by atoms with Gasteiger partial charge in [-0.2, -0.15) is 0 Å². The van der Waals surface area contributed by atoms with Gasteiger partial charge in [-0.15, -0.1) is 0 Å². The zero-order valence-corrected chi connectivity index (χ0v) is 18.0. The second-order valence-corrected chi connectivity index (χ2v) is 8.73. The highest BCUT2D eigenvalue weighted by atomic mass is 19.1. The SMILES string of the molecule is CCN1CC2CCC(C1)N2c1ccc2c(n1)CCN(C(=O)COc1ccc(F)cc1)C2. The Hall–Kier alpha value is -2.67. The summed E-state index contributed by atoms with van der Waals surface area (Å²) in [5, 5.41) is 0. The Balaban J connectivity index is 1.22. The summed E-state index contributed by atoms with van der Waals surface area (Å²) in [5.41, 5.74) is 2.22. The summed E-state index contributed by atoms with van der Waals surface area (Å²) in [7, 11) is 0. The monoisotopic (exact) mass is 424 g/mol. The van der Waals surface area contributed by atoms with E-state index in [0.717, 1.165) is 43.1 Å². The van der Waals surface area contributed by atoms with Crippen molar-refractivity contribution in [2.45, 2.75) is 44.8 Å². The standard InChI is InChI=1S/C24H29FN4O2/c1-2-27-14-19-6-7-20(15-27)29(19)23-10-3-17-13-28(12-11-22(17)26-23)24(30)16-31-21-8-4-18(25)5-9-21/h3-5,8-10,19-20H,2,6-7,11-16H2,1H3. The first-order valence-electron chi connectivity index (χ1n) is 11.3. The van der Waals surface area contributed by atoms with Crippen molar-refractivity contribution in [1.29, 1.82) is 0 Å². The summed E-state index contributed by atoms with van der Waals surface area (Å²) < 4.78 is 18.5. The fourth-order valence-corrected chi connectivity index (χ4v) is 5.15. The Bertz CT molecular complexity index is 937. The Labute approximate surface area is 182 Å². The first-order valence-corrected chi connectivity index (χ1v) is 11.3. The van der Waals surface area contributed by atoms with Crippen LogP contribution in [-0.4, -0.2) is 65.6 Å². The second kappa shape index (κ2) is 8.46. The number of hydrogen-bond donors (Lipinski definition) is 0. The summed E-state index contributed by atoms with van der Waals surface area (Å²) >= 11 is 0. The number of aromatic nitrogens is 1. The Kier molecular flexibility index (Phi) is 5.52. The van der Waals surface area contributed by atoms with Crippen molar-refractivity contribution in [3.05, 3.63) is 53.5 Å². The molecule has 0 spiro atoms. The van der Waals surface area contributed by atoms with Crippen molar-refractivity contribution in [3.8, 4) is 5.75 Å². The van der Waals surface area contributed by atoms with Crippen LogP contribution >= 0.6 is 0 Å². The number of rotatable bonds is 5. The number of halogens is 1. The molecule has 5 rings (SSSR count). The Morgan fingerprint density at radius 3 is 2.58 bits per heavy atom. The molecule has 3 aliphatic heterocycles. The van der Waals surface area contributed by atoms with Gasteiger partial charge >= 0.3 is 0 Å². The van der Waals surface area contributed by atoms with E-state index in [1.54, 1.807) is 0 Å². The van der Waals surface area contributed by atoms with Crippen molar-refractivity contribution < 1.29 is 13.9 Å². The highest BCUT2D eigenvalue weighted by Crippen LogP contribution is 2.34. The van der Waals surface area contributed by atoms with Gasteiger partial charge in [0.05, 0.1) is 0 Å². The second-order valence-electron chi connectivity index (χ2n) is 8.73. The van der Waals surface area contributed by atoms with E-state index in [1.807, 2.05) is 4.90 Å². The topological polar surface area (TPSA) is 48.9 Å². The molecular weight excluding hydrogens is 395 g/mol. The maximum absolute atomic E-state index is 13.0. The number of carbonyl (C=O) groups is 1. The minimum atomic E-state index is -0.321. The molecule has 2 bridgehead atoms. The lowest BCUT2D eigenvalue weighted by Gasteiger charge is -2.42. The lowest BCUT2D eigenvalue weighted by atomic mass is 10.0. The van der Waals surface area contributed by atoms with E-state index in [1.165, 1.54) is 37.1 Å². The maximum atomic E-state index is 13.0. The van der Waals surface area contributed by atoms with Gasteiger partial charge in [0.25, 0.3) is 5.91 Å². The lowest BCUT2D eigenvalue weighted by molar-refractivity contribution is -0.134. The fourth-order valence-electron chi connectivity index (χ4n) is 5.15. The van der Waals surface area contributed by atoms with Gasteiger partial charge in [-0.1, -0.05) is 13.0 Å². The van der Waals surface area contributed by atoms with Crippen molar-refractivity contribution >= 4 is 11.7 Å². The largest absolute Gasteiger partial charge is 0.484 e. The predicted octanol–water partition coefficient (Wildman–Crippen LogP) is 2.86. The van der Waals surface area contributed by atoms with Gasteiger partial charge in [-0.25, -0.2) is 9.37 Å². The zero-order valence-electron chi connectivity index (χ0n) is 18.0. The summed E-state index contributed by atoms with van der Waals surface area (Å²) in [6, 6.07) is 11.1. The number of likely N-dealkylation sites (tertiary alicyclic amines) is 1. The van der Waals surface area contributed by atoms with Gasteiger partial charge in [-0.3, -0.25) is 9.69 Å². The number of ether oxygens (including phenoxy) is 1. The van der Waals surface area contributed by atoms with Crippen LogP contribution in [-0.2, 0) is 17.8 Å². The lowest BCUT2D eigenvalue weighted by Crippen LogP contribution is -2.54. The molecule has 164 valence electrons. The normalized spacial score (nSPS) is 23.0. The quantitative estimate of drug-likeness (QED) is 0.739. The molecular formula is C24H29FN4O2. The average Bonchev–Trinajstić information content (AvgIpc) is 3.07. The summed E-state index contributed by atoms with van der Waals surface area (Å²) in [6.45, 7) is 6.77. The molecule has 3 aliphatic rings. The highest BCUT2D eigenvalue weighted by Gasteiger charge is 2.40. The third-order valence-electron chi connectivity index (χ3n) is 6.83. The number of likely N-dealkylation sites (N-methyl/N-ethyl adjacent to an activating group) is 1. The number of amides is 1. The van der Waals surface area contributed by atoms with E-state index in [9.17, 15) is 9.18 Å². The molecule has 4 heterocycles. The summed E-state index contributed by atoms with van der Waals surface area (Å²) in [6.07, 6.45) is 3.25. The predicted molar refractivity (Wildman–Crippen MR) is 117 cm³/mol. The summed E-state index contributed by atoms with van der Waals surface area (Å²) in [4.78, 5) is 24.5. The van der Waals surface area contributed by atoms with Crippen LogP contribution in [0.4, 0.5) is 10.2 Å². The molecule has 6 nitrogen and oxygen atoms in total. The molecule has 2 fully saturated rings. The molecule has 2 aromatic rings. The molecule has 2 unspecified atom stereocenters. The molecule has 1 aromatic heterocycles. The van der Waals surface area contributed by atoms with E-state index >= 15 is 0 Å². The Morgan fingerprint density at radius 2 is 1.87 bits per heavy atom. The number of benzene rings is 1. The molecule has 2 atom stereocenters. The van der Waals surface area contributed by atoms with Gasteiger partial charge in [-0.05, 0) is 55.3 Å². The molecule has 1 aromatic carbocycles. The van der Waals surface area contributed by atoms with Crippen LogP contribution in [0.1, 0.15) is 31.0 Å². The number of nitrogens with zero attached hydrogens (tertiary/aromatic N) is 4. The highest BCUT2D eigenvalue weighted by molar-refractivity contribution is 5.78. The van der Waals surface area contributed by atoms with Crippen LogP contribution in [0.25, 0.3) is 0 Å². The van der Waals surface area contributed by atoms with Crippen LogP contribution in [0, 0.1) is 5.82 Å². The molecule has 2 saturated heterocycles. The van der Waals surface area contributed by atoms with E-state index in [4.69, 9.17) is 9.72 Å². The molecule has 0 aliphatic carbocycles.